The Morgan fingerprint density at radius 1 is 0.906 bits per heavy atom. The van der Waals surface area contributed by atoms with Crippen molar-refractivity contribution in [2.45, 2.75) is 50.4 Å². The summed E-state index contributed by atoms with van der Waals surface area (Å²) in [7, 11) is 0. The van der Waals surface area contributed by atoms with Gasteiger partial charge < -0.3 is 14.8 Å². The molecule has 3 aliphatic rings. The first-order valence-electron chi connectivity index (χ1n) is 10.3. The van der Waals surface area contributed by atoms with E-state index < -0.39 is 46.6 Å². The zero-order valence-corrected chi connectivity index (χ0v) is 16.8. The number of ether oxygens (including phenoxy) is 2. The number of amides is 1. The number of nitrogens with zero attached hydrogens (tertiary/aromatic N) is 1. The number of piperidine rings is 1. The molecule has 1 N–H and O–H groups in total. The van der Waals surface area contributed by atoms with Crippen LogP contribution in [0.4, 0.5) is 22.0 Å². The molecule has 2 bridgehead atoms. The van der Waals surface area contributed by atoms with Crippen LogP contribution in [0.25, 0.3) is 0 Å². The van der Waals surface area contributed by atoms with Crippen LogP contribution >= 0.6 is 0 Å². The number of rotatable bonds is 4. The maximum atomic E-state index is 14.0. The van der Waals surface area contributed by atoms with E-state index in [4.69, 9.17) is 9.47 Å². The summed E-state index contributed by atoms with van der Waals surface area (Å²) in [6.07, 6.45) is 2.82. The minimum absolute atomic E-state index is 0.126. The second-order valence-electron chi connectivity index (χ2n) is 8.33. The van der Waals surface area contributed by atoms with Gasteiger partial charge in [0.25, 0.3) is 5.91 Å². The first kappa shape index (κ1) is 21.0. The number of carbonyl (C=O) groups is 1. The molecule has 0 aliphatic carbocycles. The predicted octanol–water partition coefficient (Wildman–Crippen LogP) is 4.04. The standard InChI is InChI=1S/C22H19F5N2O3/c23-17-16(18(24)20(26)21(27)19(17)25)22(30)28-11-6-12-2-3-13(7-11)29(12)8-10-1-4-14-15(5-10)32-9-31-14/h1,4-5,11-13H,2-3,6-9H2,(H,28,30). The van der Waals surface area contributed by atoms with Crippen LogP contribution in [-0.2, 0) is 6.54 Å². The Bertz CT molecular complexity index is 1050. The lowest BCUT2D eigenvalue weighted by Gasteiger charge is -2.39. The third-order valence-corrected chi connectivity index (χ3v) is 6.46. The first-order chi connectivity index (χ1) is 15.3. The van der Waals surface area contributed by atoms with Crippen LogP contribution in [-0.4, -0.2) is 35.7 Å². The van der Waals surface area contributed by atoms with Crippen LogP contribution in [0.15, 0.2) is 18.2 Å². The Morgan fingerprint density at radius 3 is 2.16 bits per heavy atom. The van der Waals surface area contributed by atoms with Crippen LogP contribution in [0.5, 0.6) is 11.5 Å². The molecule has 0 saturated carbocycles. The Morgan fingerprint density at radius 2 is 1.50 bits per heavy atom. The van der Waals surface area contributed by atoms with Crippen LogP contribution in [0.2, 0.25) is 0 Å². The molecule has 5 rings (SSSR count). The van der Waals surface area contributed by atoms with Gasteiger partial charge in [-0.3, -0.25) is 9.69 Å². The van der Waals surface area contributed by atoms with Gasteiger partial charge in [0.15, 0.2) is 34.8 Å². The summed E-state index contributed by atoms with van der Waals surface area (Å²) < 4.78 is 78.8. The highest BCUT2D eigenvalue weighted by Crippen LogP contribution is 2.39. The maximum absolute atomic E-state index is 14.0. The summed E-state index contributed by atoms with van der Waals surface area (Å²) in [5.74, 6) is -10.7. The lowest BCUT2D eigenvalue weighted by molar-refractivity contribution is 0.0818. The molecule has 0 aromatic heterocycles. The Balaban J connectivity index is 1.28. The van der Waals surface area contributed by atoms with E-state index in [1.165, 1.54) is 0 Å². The van der Waals surface area contributed by atoms with Crippen molar-refractivity contribution in [1.29, 1.82) is 0 Å². The van der Waals surface area contributed by atoms with E-state index in [9.17, 15) is 26.7 Å². The smallest absolute Gasteiger partial charge is 0.257 e. The second-order valence-corrected chi connectivity index (χ2v) is 8.33. The minimum atomic E-state index is -2.29. The number of hydrogen-bond donors (Lipinski definition) is 1. The normalized spacial score (nSPS) is 24.1. The van der Waals surface area contributed by atoms with E-state index >= 15 is 0 Å². The molecule has 3 aliphatic heterocycles. The molecule has 2 atom stereocenters. The zero-order chi connectivity index (χ0) is 22.6. The maximum Gasteiger partial charge on any atom is 0.257 e. The second kappa shape index (κ2) is 7.91. The van der Waals surface area contributed by atoms with E-state index in [1.807, 2.05) is 18.2 Å². The van der Waals surface area contributed by atoms with Crippen LogP contribution in [0.3, 0.4) is 0 Å². The highest BCUT2D eigenvalue weighted by molar-refractivity contribution is 5.95. The van der Waals surface area contributed by atoms with Gasteiger partial charge in [0.2, 0.25) is 12.6 Å². The molecule has 0 spiro atoms. The summed E-state index contributed by atoms with van der Waals surface area (Å²) in [6, 6.07) is 5.57. The van der Waals surface area contributed by atoms with Gasteiger partial charge in [0.1, 0.15) is 5.56 Å². The molecule has 32 heavy (non-hydrogen) atoms. The van der Waals surface area contributed by atoms with Gasteiger partial charge in [0, 0.05) is 24.7 Å². The topological polar surface area (TPSA) is 50.8 Å². The summed E-state index contributed by atoms with van der Waals surface area (Å²) in [6.45, 7) is 0.864. The number of halogens is 5. The van der Waals surface area contributed by atoms with Crippen LogP contribution in [0, 0.1) is 29.1 Å². The highest BCUT2D eigenvalue weighted by atomic mass is 19.2. The van der Waals surface area contributed by atoms with E-state index in [2.05, 4.69) is 10.2 Å². The van der Waals surface area contributed by atoms with Gasteiger partial charge in [0.05, 0.1) is 0 Å². The SMILES string of the molecule is O=C(NC1CC2CCC(C1)N2Cc1ccc2c(c1)OCO2)c1c(F)c(F)c(F)c(F)c1F. The van der Waals surface area contributed by atoms with Crippen molar-refractivity contribution in [2.24, 2.45) is 0 Å². The van der Waals surface area contributed by atoms with Gasteiger partial charge in [-0.05, 0) is 43.4 Å². The summed E-state index contributed by atoms with van der Waals surface area (Å²) >= 11 is 0. The first-order valence-corrected chi connectivity index (χ1v) is 10.3. The summed E-state index contributed by atoms with van der Waals surface area (Å²) in [5.41, 5.74) is -0.397. The fourth-order valence-electron chi connectivity index (χ4n) is 4.96. The van der Waals surface area contributed by atoms with Crippen molar-refractivity contribution in [1.82, 2.24) is 10.2 Å². The zero-order valence-electron chi connectivity index (χ0n) is 16.8. The summed E-state index contributed by atoms with van der Waals surface area (Å²) in [5, 5.41) is 2.47. The number of benzene rings is 2. The fraction of sp³-hybridized carbons (Fsp3) is 0.409. The molecule has 2 aromatic carbocycles. The van der Waals surface area contributed by atoms with Gasteiger partial charge in [-0.15, -0.1) is 0 Å². The third-order valence-electron chi connectivity index (χ3n) is 6.46. The Hall–Kier alpha value is -2.88. The number of nitrogens with one attached hydrogen (secondary N) is 1. The van der Waals surface area contributed by atoms with Gasteiger partial charge >= 0.3 is 0 Å². The molecule has 3 heterocycles. The lowest BCUT2D eigenvalue weighted by atomic mass is 9.96. The number of carbonyl (C=O) groups excluding carboxylic acids is 1. The minimum Gasteiger partial charge on any atom is -0.454 e. The van der Waals surface area contributed by atoms with Gasteiger partial charge in [-0.25, -0.2) is 22.0 Å². The average Bonchev–Trinajstić information content (AvgIpc) is 3.32. The van der Waals surface area contributed by atoms with Gasteiger partial charge in [-0.1, -0.05) is 6.07 Å². The third kappa shape index (κ3) is 3.46. The molecule has 2 unspecified atom stereocenters. The molecule has 1 amide bonds. The molecule has 2 fully saturated rings. The van der Waals surface area contributed by atoms with Crippen LogP contribution in [0.1, 0.15) is 41.6 Å². The van der Waals surface area contributed by atoms with Crippen LogP contribution < -0.4 is 14.8 Å². The quantitative estimate of drug-likeness (QED) is 0.431. The molecular weight excluding hydrogens is 435 g/mol. The van der Waals surface area contributed by atoms with Crippen molar-refractivity contribution in [3.05, 3.63) is 58.4 Å². The van der Waals surface area contributed by atoms with E-state index in [0.29, 0.717) is 30.9 Å². The number of hydrogen-bond acceptors (Lipinski definition) is 4. The monoisotopic (exact) mass is 454 g/mol. The van der Waals surface area contributed by atoms with E-state index in [1.54, 1.807) is 0 Å². The molecule has 0 radical (unpaired) electrons. The molecule has 10 heteroatoms. The average molecular weight is 454 g/mol. The van der Waals surface area contributed by atoms with Gasteiger partial charge in [-0.2, -0.15) is 0 Å². The molecular formula is C22H19F5N2O3. The van der Waals surface area contributed by atoms with Crippen molar-refractivity contribution in [2.75, 3.05) is 6.79 Å². The Labute approximate surface area is 180 Å². The molecule has 170 valence electrons. The Kier molecular flexibility index (Phi) is 5.19. The predicted molar refractivity (Wildman–Crippen MR) is 102 cm³/mol. The van der Waals surface area contributed by atoms with Crippen molar-refractivity contribution >= 4 is 5.91 Å². The lowest BCUT2D eigenvalue weighted by Crippen LogP contribution is -2.50. The largest absolute Gasteiger partial charge is 0.454 e. The fourth-order valence-corrected chi connectivity index (χ4v) is 4.96. The van der Waals surface area contributed by atoms with Crippen molar-refractivity contribution in [3.8, 4) is 11.5 Å². The molecule has 2 saturated heterocycles. The molecule has 2 aromatic rings. The molecule has 5 nitrogen and oxygen atoms in total. The van der Waals surface area contributed by atoms with E-state index in [-0.39, 0.29) is 18.9 Å². The highest BCUT2D eigenvalue weighted by Gasteiger charge is 2.41. The number of fused-ring (bicyclic) bond motifs is 3. The van der Waals surface area contributed by atoms with Crippen molar-refractivity contribution in [3.63, 3.8) is 0 Å². The van der Waals surface area contributed by atoms with E-state index in [0.717, 1.165) is 18.4 Å². The van der Waals surface area contributed by atoms with Crippen molar-refractivity contribution < 1.29 is 36.2 Å². The summed E-state index contributed by atoms with van der Waals surface area (Å²) in [4.78, 5) is 14.7.